The van der Waals surface area contributed by atoms with E-state index in [0.29, 0.717) is 21.6 Å². The molecular formula is C18H15N3O3S. The number of hydrogen-bond donors (Lipinski definition) is 1. The van der Waals surface area contributed by atoms with Crippen molar-refractivity contribution in [3.8, 4) is 0 Å². The summed E-state index contributed by atoms with van der Waals surface area (Å²) in [6, 6.07) is 9.29. The van der Waals surface area contributed by atoms with Crippen LogP contribution in [0.1, 0.15) is 21.9 Å². The van der Waals surface area contributed by atoms with E-state index in [1.54, 1.807) is 19.2 Å². The van der Waals surface area contributed by atoms with Crippen LogP contribution in [0, 0.1) is 6.92 Å². The number of carbonyl (C=O) groups excluding carboxylic acids is 1. The average molecular weight is 353 g/mol. The fourth-order valence-electron chi connectivity index (χ4n) is 2.75. The lowest BCUT2D eigenvalue weighted by molar-refractivity contribution is 0.0752. The highest BCUT2D eigenvalue weighted by Crippen LogP contribution is 2.22. The van der Waals surface area contributed by atoms with Crippen molar-refractivity contribution in [1.82, 2.24) is 14.9 Å². The Morgan fingerprint density at radius 2 is 2.16 bits per heavy atom. The molecule has 0 spiro atoms. The van der Waals surface area contributed by atoms with Gasteiger partial charge in [-0.25, -0.2) is 4.98 Å². The van der Waals surface area contributed by atoms with E-state index in [9.17, 15) is 9.59 Å². The number of hydrogen-bond acceptors (Lipinski definition) is 5. The Hall–Kier alpha value is -2.93. The standard InChI is InChI=1S/C18H15N3O3S/c1-10-3-4-13-11(7-10)8-14(24-13)18(23)21(2)9-15-19-12-5-6-25-16(12)17(22)20-15/h3-8H,9H2,1-2H3,(H,19,20,22). The highest BCUT2D eigenvalue weighted by molar-refractivity contribution is 7.17. The van der Waals surface area contributed by atoms with Crippen molar-refractivity contribution in [3.63, 3.8) is 0 Å². The van der Waals surface area contributed by atoms with Crippen molar-refractivity contribution in [2.24, 2.45) is 0 Å². The number of nitrogens with one attached hydrogen (secondary N) is 1. The molecule has 3 aromatic heterocycles. The second-order valence-electron chi connectivity index (χ2n) is 5.96. The molecule has 1 amide bonds. The summed E-state index contributed by atoms with van der Waals surface area (Å²) in [6.45, 7) is 2.18. The minimum atomic E-state index is -0.262. The molecule has 25 heavy (non-hydrogen) atoms. The summed E-state index contributed by atoms with van der Waals surface area (Å²) in [5, 5.41) is 2.71. The molecule has 0 aliphatic carbocycles. The number of furan rings is 1. The molecular weight excluding hydrogens is 338 g/mol. The molecule has 0 saturated heterocycles. The van der Waals surface area contributed by atoms with Gasteiger partial charge in [0.1, 0.15) is 16.1 Å². The smallest absolute Gasteiger partial charge is 0.289 e. The van der Waals surface area contributed by atoms with Gasteiger partial charge in [0, 0.05) is 12.4 Å². The number of nitrogens with zero attached hydrogens (tertiary/aromatic N) is 2. The summed E-state index contributed by atoms with van der Waals surface area (Å²) in [6.07, 6.45) is 0. The third-order valence-electron chi connectivity index (χ3n) is 3.98. The van der Waals surface area contributed by atoms with Gasteiger partial charge in [0.25, 0.3) is 11.5 Å². The van der Waals surface area contributed by atoms with E-state index in [4.69, 9.17) is 4.42 Å². The van der Waals surface area contributed by atoms with Gasteiger partial charge in [-0.1, -0.05) is 11.6 Å². The van der Waals surface area contributed by atoms with E-state index in [-0.39, 0.29) is 23.8 Å². The van der Waals surface area contributed by atoms with Crippen LogP contribution in [0.3, 0.4) is 0 Å². The van der Waals surface area contributed by atoms with E-state index in [0.717, 1.165) is 10.9 Å². The first kappa shape index (κ1) is 15.6. The van der Waals surface area contributed by atoms with Crippen LogP contribution in [0.15, 0.2) is 44.9 Å². The third-order valence-corrected chi connectivity index (χ3v) is 4.88. The third kappa shape index (κ3) is 2.83. The molecule has 0 aliphatic rings. The second kappa shape index (κ2) is 5.86. The SMILES string of the molecule is Cc1ccc2oc(C(=O)N(C)Cc3nc4ccsc4c(=O)[nH]3)cc2c1. The van der Waals surface area contributed by atoms with Crippen molar-refractivity contribution >= 4 is 38.4 Å². The summed E-state index contributed by atoms with van der Waals surface area (Å²) in [7, 11) is 1.65. The first-order valence-electron chi connectivity index (χ1n) is 7.73. The summed E-state index contributed by atoms with van der Waals surface area (Å²) in [5.41, 5.74) is 2.24. The highest BCUT2D eigenvalue weighted by atomic mass is 32.1. The molecule has 0 saturated carbocycles. The Bertz CT molecular complexity index is 1160. The van der Waals surface area contributed by atoms with E-state index in [1.165, 1.54) is 16.2 Å². The number of thiophene rings is 1. The maximum atomic E-state index is 12.6. The zero-order valence-corrected chi connectivity index (χ0v) is 14.5. The van der Waals surface area contributed by atoms with Gasteiger partial charge in [-0.05, 0) is 36.6 Å². The number of rotatable bonds is 3. The zero-order valence-electron chi connectivity index (χ0n) is 13.7. The lowest BCUT2D eigenvalue weighted by atomic mass is 10.2. The second-order valence-corrected chi connectivity index (χ2v) is 6.88. The van der Waals surface area contributed by atoms with Gasteiger partial charge in [0.05, 0.1) is 12.1 Å². The quantitative estimate of drug-likeness (QED) is 0.613. The molecule has 4 aromatic rings. The van der Waals surface area contributed by atoms with Crippen molar-refractivity contribution in [2.75, 3.05) is 7.05 Å². The first-order valence-corrected chi connectivity index (χ1v) is 8.61. The molecule has 1 aromatic carbocycles. The molecule has 0 atom stereocenters. The van der Waals surface area contributed by atoms with Gasteiger partial charge in [-0.15, -0.1) is 11.3 Å². The number of fused-ring (bicyclic) bond motifs is 2. The van der Waals surface area contributed by atoms with Crippen molar-refractivity contribution in [2.45, 2.75) is 13.5 Å². The summed E-state index contributed by atoms with van der Waals surface area (Å²) in [5.74, 6) is 0.447. The number of H-pyrrole nitrogens is 1. The Balaban J connectivity index is 1.61. The summed E-state index contributed by atoms with van der Waals surface area (Å²) >= 11 is 1.35. The van der Waals surface area contributed by atoms with Gasteiger partial charge in [-0.3, -0.25) is 9.59 Å². The maximum Gasteiger partial charge on any atom is 0.289 e. The molecule has 0 radical (unpaired) electrons. The molecule has 3 heterocycles. The van der Waals surface area contributed by atoms with Crippen LogP contribution in [0.4, 0.5) is 0 Å². The maximum absolute atomic E-state index is 12.6. The van der Waals surface area contributed by atoms with Crippen LogP contribution in [0.5, 0.6) is 0 Å². The van der Waals surface area contributed by atoms with Gasteiger partial charge >= 0.3 is 0 Å². The predicted molar refractivity (Wildman–Crippen MR) is 97.0 cm³/mol. The van der Waals surface area contributed by atoms with Crippen molar-refractivity contribution < 1.29 is 9.21 Å². The topological polar surface area (TPSA) is 79.2 Å². The molecule has 7 heteroatoms. The minimum absolute atomic E-state index is 0.185. The van der Waals surface area contributed by atoms with Crippen LogP contribution >= 0.6 is 11.3 Å². The number of carbonyl (C=O) groups is 1. The first-order chi connectivity index (χ1) is 12.0. The van der Waals surface area contributed by atoms with Crippen LogP contribution in [-0.2, 0) is 6.54 Å². The number of aryl methyl sites for hydroxylation is 1. The summed E-state index contributed by atoms with van der Waals surface area (Å²) < 4.78 is 6.23. The van der Waals surface area contributed by atoms with Crippen LogP contribution in [-0.4, -0.2) is 27.8 Å². The number of aromatic nitrogens is 2. The number of amides is 1. The Morgan fingerprint density at radius 1 is 1.32 bits per heavy atom. The monoisotopic (exact) mass is 353 g/mol. The Labute approximate surface area is 146 Å². The molecule has 0 unspecified atom stereocenters. The van der Waals surface area contributed by atoms with Gasteiger partial charge < -0.3 is 14.3 Å². The molecule has 4 rings (SSSR count). The van der Waals surface area contributed by atoms with Crippen LogP contribution in [0.2, 0.25) is 0 Å². The van der Waals surface area contributed by atoms with Crippen LogP contribution < -0.4 is 5.56 Å². The van der Waals surface area contributed by atoms with Crippen LogP contribution in [0.25, 0.3) is 21.2 Å². The zero-order chi connectivity index (χ0) is 17.6. The fourth-order valence-corrected chi connectivity index (χ4v) is 3.47. The molecule has 0 aliphatic heterocycles. The lowest BCUT2D eigenvalue weighted by Gasteiger charge is -2.14. The van der Waals surface area contributed by atoms with E-state index in [1.807, 2.05) is 30.5 Å². The number of benzene rings is 1. The molecule has 0 fully saturated rings. The normalized spacial score (nSPS) is 11.3. The summed E-state index contributed by atoms with van der Waals surface area (Å²) in [4.78, 5) is 33.2. The average Bonchev–Trinajstić information content (AvgIpc) is 3.20. The van der Waals surface area contributed by atoms with Crippen molar-refractivity contribution in [3.05, 3.63) is 63.2 Å². The molecule has 1 N–H and O–H groups in total. The van der Waals surface area contributed by atoms with Gasteiger partial charge in [0.15, 0.2) is 5.76 Å². The number of aromatic amines is 1. The van der Waals surface area contributed by atoms with E-state index in [2.05, 4.69) is 9.97 Å². The fraction of sp³-hybridized carbons (Fsp3) is 0.167. The van der Waals surface area contributed by atoms with E-state index >= 15 is 0 Å². The lowest BCUT2D eigenvalue weighted by Crippen LogP contribution is -2.27. The minimum Gasteiger partial charge on any atom is -0.451 e. The van der Waals surface area contributed by atoms with Gasteiger partial charge in [0.2, 0.25) is 0 Å². The van der Waals surface area contributed by atoms with Gasteiger partial charge in [-0.2, -0.15) is 0 Å². The molecule has 0 bridgehead atoms. The molecule has 126 valence electrons. The predicted octanol–water partition coefficient (Wildman–Crippen LogP) is 3.31. The highest BCUT2D eigenvalue weighted by Gasteiger charge is 2.18. The van der Waals surface area contributed by atoms with E-state index < -0.39 is 0 Å². The Kier molecular flexibility index (Phi) is 3.65. The van der Waals surface area contributed by atoms with Crippen molar-refractivity contribution in [1.29, 1.82) is 0 Å². The Morgan fingerprint density at radius 3 is 3.00 bits per heavy atom. The molecule has 6 nitrogen and oxygen atoms in total. The largest absolute Gasteiger partial charge is 0.451 e.